The Bertz CT molecular complexity index is 664. The lowest BCUT2D eigenvalue weighted by Crippen LogP contribution is -2.18. The van der Waals surface area contributed by atoms with Gasteiger partial charge < -0.3 is 14.8 Å². The van der Waals surface area contributed by atoms with Gasteiger partial charge in [0, 0.05) is 18.8 Å². The molecule has 20 heavy (non-hydrogen) atoms. The molecule has 2 aromatic rings. The summed E-state index contributed by atoms with van der Waals surface area (Å²) in [6.45, 7) is 2.92. The maximum atomic E-state index is 12.2. The zero-order valence-electron chi connectivity index (χ0n) is 11.3. The molecule has 1 aliphatic heterocycles. The molecule has 6 nitrogen and oxygen atoms in total. The largest absolute Gasteiger partial charge is 0.486 e. The van der Waals surface area contributed by atoms with E-state index in [9.17, 15) is 4.79 Å². The van der Waals surface area contributed by atoms with Crippen molar-refractivity contribution in [3.05, 3.63) is 35.7 Å². The predicted octanol–water partition coefficient (Wildman–Crippen LogP) is 1.75. The second-order valence-corrected chi connectivity index (χ2v) is 4.61. The summed E-state index contributed by atoms with van der Waals surface area (Å²) in [6.07, 6.45) is 0. The van der Waals surface area contributed by atoms with Crippen LogP contribution in [0.1, 0.15) is 16.2 Å². The van der Waals surface area contributed by atoms with Gasteiger partial charge in [-0.15, -0.1) is 0 Å². The van der Waals surface area contributed by atoms with Crippen molar-refractivity contribution in [3.8, 4) is 11.5 Å². The Morgan fingerprint density at radius 1 is 1.25 bits per heavy atom. The van der Waals surface area contributed by atoms with Gasteiger partial charge in [0.05, 0.1) is 5.69 Å². The molecule has 0 fully saturated rings. The molecule has 1 aromatic carbocycles. The van der Waals surface area contributed by atoms with Crippen LogP contribution >= 0.6 is 0 Å². The van der Waals surface area contributed by atoms with Crippen LogP contribution < -0.4 is 14.8 Å². The molecule has 0 radical (unpaired) electrons. The van der Waals surface area contributed by atoms with Crippen molar-refractivity contribution in [2.45, 2.75) is 6.92 Å². The third kappa shape index (κ3) is 2.32. The van der Waals surface area contributed by atoms with Crippen molar-refractivity contribution >= 4 is 11.6 Å². The van der Waals surface area contributed by atoms with Crippen molar-refractivity contribution < 1.29 is 14.3 Å². The van der Waals surface area contributed by atoms with Gasteiger partial charge in [0.1, 0.15) is 18.9 Å². The first kappa shape index (κ1) is 12.5. The minimum Gasteiger partial charge on any atom is -0.486 e. The smallest absolute Gasteiger partial charge is 0.273 e. The Labute approximate surface area is 116 Å². The summed E-state index contributed by atoms with van der Waals surface area (Å²) in [5.41, 5.74) is 1.98. The summed E-state index contributed by atoms with van der Waals surface area (Å²) in [6, 6.07) is 7.08. The number of rotatable bonds is 2. The highest BCUT2D eigenvalue weighted by Crippen LogP contribution is 2.32. The van der Waals surface area contributed by atoms with E-state index in [2.05, 4.69) is 10.4 Å². The van der Waals surface area contributed by atoms with Crippen LogP contribution in [0.4, 0.5) is 5.69 Å². The van der Waals surface area contributed by atoms with Crippen LogP contribution in [0, 0.1) is 6.92 Å². The molecule has 1 aromatic heterocycles. The molecular formula is C14H15N3O3. The normalized spacial score (nSPS) is 13.1. The number of hydrogen-bond donors (Lipinski definition) is 1. The SMILES string of the molecule is Cc1cc(C(=O)Nc2ccc3c(c2)OCCO3)n(C)n1. The number of amides is 1. The Morgan fingerprint density at radius 3 is 2.70 bits per heavy atom. The molecule has 3 rings (SSSR count). The highest BCUT2D eigenvalue weighted by molar-refractivity contribution is 6.03. The lowest BCUT2D eigenvalue weighted by Gasteiger charge is -2.19. The van der Waals surface area contributed by atoms with Crippen LogP contribution in [0.3, 0.4) is 0 Å². The number of aryl methyl sites for hydroxylation is 2. The predicted molar refractivity (Wildman–Crippen MR) is 73.3 cm³/mol. The Morgan fingerprint density at radius 2 is 2.00 bits per heavy atom. The molecule has 6 heteroatoms. The molecule has 0 aliphatic carbocycles. The van der Waals surface area contributed by atoms with Gasteiger partial charge in [-0.2, -0.15) is 5.10 Å². The van der Waals surface area contributed by atoms with Crippen LogP contribution in [0.15, 0.2) is 24.3 Å². The lowest BCUT2D eigenvalue weighted by molar-refractivity contribution is 0.101. The average Bonchev–Trinajstić information content (AvgIpc) is 2.78. The van der Waals surface area contributed by atoms with E-state index in [1.165, 1.54) is 0 Å². The van der Waals surface area contributed by atoms with E-state index in [0.717, 1.165) is 5.69 Å². The number of carbonyl (C=O) groups is 1. The van der Waals surface area contributed by atoms with Crippen LogP contribution in [-0.4, -0.2) is 28.9 Å². The Hall–Kier alpha value is -2.50. The van der Waals surface area contributed by atoms with Gasteiger partial charge >= 0.3 is 0 Å². The van der Waals surface area contributed by atoms with Crippen LogP contribution in [-0.2, 0) is 7.05 Å². The fourth-order valence-electron chi connectivity index (χ4n) is 2.14. The van der Waals surface area contributed by atoms with Gasteiger partial charge in [0.15, 0.2) is 11.5 Å². The van der Waals surface area contributed by atoms with Crippen LogP contribution in [0.5, 0.6) is 11.5 Å². The summed E-state index contributed by atoms with van der Waals surface area (Å²) in [5, 5.41) is 6.98. The molecular weight excluding hydrogens is 258 g/mol. The highest BCUT2D eigenvalue weighted by Gasteiger charge is 2.15. The minimum atomic E-state index is -0.204. The minimum absolute atomic E-state index is 0.204. The monoisotopic (exact) mass is 273 g/mol. The number of aromatic nitrogens is 2. The molecule has 0 saturated carbocycles. The second kappa shape index (κ2) is 4.88. The summed E-state index contributed by atoms with van der Waals surface area (Å²) in [5.74, 6) is 1.14. The van der Waals surface area contributed by atoms with Crippen LogP contribution in [0.25, 0.3) is 0 Å². The molecule has 0 spiro atoms. The number of fused-ring (bicyclic) bond motifs is 1. The maximum absolute atomic E-state index is 12.2. The third-order valence-electron chi connectivity index (χ3n) is 3.03. The number of benzene rings is 1. The molecule has 1 amide bonds. The number of anilines is 1. The number of carbonyl (C=O) groups excluding carboxylic acids is 1. The first-order valence-electron chi connectivity index (χ1n) is 6.35. The van der Waals surface area contributed by atoms with E-state index in [4.69, 9.17) is 9.47 Å². The van der Waals surface area contributed by atoms with E-state index in [1.54, 1.807) is 36.0 Å². The van der Waals surface area contributed by atoms with E-state index in [0.29, 0.717) is 36.1 Å². The Kier molecular flexibility index (Phi) is 3.06. The summed E-state index contributed by atoms with van der Waals surface area (Å²) < 4.78 is 12.5. The van der Waals surface area contributed by atoms with Crippen molar-refractivity contribution in [2.24, 2.45) is 7.05 Å². The molecule has 1 N–H and O–H groups in total. The summed E-state index contributed by atoms with van der Waals surface area (Å²) >= 11 is 0. The van der Waals surface area contributed by atoms with E-state index in [-0.39, 0.29) is 5.91 Å². The van der Waals surface area contributed by atoms with Gasteiger partial charge in [0.2, 0.25) is 0 Å². The van der Waals surface area contributed by atoms with Gasteiger partial charge in [-0.25, -0.2) is 0 Å². The number of nitrogens with one attached hydrogen (secondary N) is 1. The van der Waals surface area contributed by atoms with Crippen molar-refractivity contribution in [2.75, 3.05) is 18.5 Å². The Balaban J connectivity index is 1.81. The summed E-state index contributed by atoms with van der Waals surface area (Å²) in [4.78, 5) is 12.2. The summed E-state index contributed by atoms with van der Waals surface area (Å²) in [7, 11) is 1.74. The van der Waals surface area contributed by atoms with Gasteiger partial charge in [-0.3, -0.25) is 9.48 Å². The van der Waals surface area contributed by atoms with Crippen molar-refractivity contribution in [1.29, 1.82) is 0 Å². The number of ether oxygens (including phenoxy) is 2. The molecule has 1 aliphatic rings. The number of hydrogen-bond acceptors (Lipinski definition) is 4. The van der Waals surface area contributed by atoms with Gasteiger partial charge in [-0.1, -0.05) is 0 Å². The highest BCUT2D eigenvalue weighted by atomic mass is 16.6. The topological polar surface area (TPSA) is 65.4 Å². The molecule has 104 valence electrons. The lowest BCUT2D eigenvalue weighted by atomic mass is 10.2. The molecule has 0 atom stereocenters. The first-order valence-corrected chi connectivity index (χ1v) is 6.35. The zero-order chi connectivity index (χ0) is 14.1. The molecule has 0 saturated heterocycles. The van der Waals surface area contributed by atoms with Crippen molar-refractivity contribution in [3.63, 3.8) is 0 Å². The average molecular weight is 273 g/mol. The van der Waals surface area contributed by atoms with E-state index < -0.39 is 0 Å². The molecule has 0 unspecified atom stereocenters. The molecule has 2 heterocycles. The van der Waals surface area contributed by atoms with E-state index >= 15 is 0 Å². The maximum Gasteiger partial charge on any atom is 0.273 e. The second-order valence-electron chi connectivity index (χ2n) is 4.61. The molecule has 0 bridgehead atoms. The third-order valence-corrected chi connectivity index (χ3v) is 3.03. The first-order chi connectivity index (χ1) is 9.63. The van der Waals surface area contributed by atoms with Crippen molar-refractivity contribution in [1.82, 2.24) is 9.78 Å². The zero-order valence-corrected chi connectivity index (χ0v) is 11.3. The van der Waals surface area contributed by atoms with Gasteiger partial charge in [-0.05, 0) is 25.1 Å². The van der Waals surface area contributed by atoms with Gasteiger partial charge in [0.25, 0.3) is 5.91 Å². The fourth-order valence-corrected chi connectivity index (χ4v) is 2.14. The van der Waals surface area contributed by atoms with Crippen LogP contribution in [0.2, 0.25) is 0 Å². The van der Waals surface area contributed by atoms with E-state index in [1.807, 2.05) is 6.92 Å². The fraction of sp³-hybridized carbons (Fsp3) is 0.286. The standard InChI is InChI=1S/C14H15N3O3/c1-9-7-11(17(2)16-9)14(18)15-10-3-4-12-13(8-10)20-6-5-19-12/h3-4,7-8H,5-6H2,1-2H3,(H,15,18). The number of nitrogens with zero attached hydrogens (tertiary/aromatic N) is 2. The quantitative estimate of drug-likeness (QED) is 0.905.